The Kier molecular flexibility index (Phi) is 4.55. The molecule has 2 aromatic carbocycles. The minimum atomic E-state index is -0.173. The molecule has 5 heteroatoms. The van der Waals surface area contributed by atoms with Crippen molar-refractivity contribution in [3.63, 3.8) is 0 Å². The molecular weight excluding hydrogens is 366 g/mol. The smallest absolute Gasteiger partial charge is 0.339 e. The van der Waals surface area contributed by atoms with Crippen LogP contribution >= 0.6 is 0 Å². The third-order valence-electron chi connectivity index (χ3n) is 6.32. The van der Waals surface area contributed by atoms with Crippen molar-refractivity contribution >= 4 is 11.0 Å². The van der Waals surface area contributed by atoms with E-state index in [9.17, 15) is 4.79 Å². The fourth-order valence-electron chi connectivity index (χ4n) is 4.84. The lowest BCUT2D eigenvalue weighted by molar-refractivity contribution is -0.932. The van der Waals surface area contributed by atoms with Crippen LogP contribution in [0.3, 0.4) is 0 Å². The molecule has 2 heterocycles. The van der Waals surface area contributed by atoms with Gasteiger partial charge in [0.15, 0.2) is 0 Å². The molecule has 3 aromatic rings. The number of ether oxygens (including phenoxy) is 2. The summed E-state index contributed by atoms with van der Waals surface area (Å²) in [4.78, 5) is 13.7. The number of nitrogens with one attached hydrogen (secondary N) is 1. The number of benzene rings is 2. The molecule has 1 atom stereocenters. The van der Waals surface area contributed by atoms with Crippen LogP contribution in [0, 0.1) is 6.92 Å². The lowest BCUT2D eigenvalue weighted by Crippen LogP contribution is -3.12. The minimum Gasteiger partial charge on any atom is -0.496 e. The first-order chi connectivity index (χ1) is 14.2. The van der Waals surface area contributed by atoms with Gasteiger partial charge in [0.1, 0.15) is 23.6 Å². The second kappa shape index (κ2) is 7.23. The van der Waals surface area contributed by atoms with Crippen LogP contribution in [0.25, 0.3) is 11.0 Å². The molecule has 5 nitrogen and oxygen atoms in total. The van der Waals surface area contributed by atoms with Crippen LogP contribution in [0.1, 0.15) is 34.2 Å². The monoisotopic (exact) mass is 392 g/mol. The van der Waals surface area contributed by atoms with Gasteiger partial charge >= 0.3 is 5.63 Å². The summed E-state index contributed by atoms with van der Waals surface area (Å²) in [6.45, 7) is 4.50. The van der Waals surface area contributed by atoms with Crippen molar-refractivity contribution in [2.24, 2.45) is 0 Å². The molecule has 150 valence electrons. The summed E-state index contributed by atoms with van der Waals surface area (Å²) < 4.78 is 17.3. The maximum Gasteiger partial charge on any atom is 0.339 e. The van der Waals surface area contributed by atoms with Gasteiger partial charge in [0, 0.05) is 28.5 Å². The van der Waals surface area contributed by atoms with Gasteiger partial charge in [0.05, 0.1) is 13.7 Å². The number of fused-ring (bicyclic) bond motifs is 4. The van der Waals surface area contributed by atoms with Gasteiger partial charge in [-0.15, -0.1) is 0 Å². The van der Waals surface area contributed by atoms with Crippen LogP contribution in [-0.2, 0) is 25.8 Å². The molecule has 0 saturated carbocycles. The van der Waals surface area contributed by atoms with E-state index in [2.05, 4.69) is 18.2 Å². The summed E-state index contributed by atoms with van der Waals surface area (Å²) in [5.74, 6) is 1.83. The average molecular weight is 392 g/mol. The maximum atomic E-state index is 12.3. The molecule has 0 radical (unpaired) electrons. The van der Waals surface area contributed by atoms with Crippen molar-refractivity contribution in [2.75, 3.05) is 20.4 Å². The van der Waals surface area contributed by atoms with E-state index < -0.39 is 0 Å². The Bertz CT molecular complexity index is 1150. The van der Waals surface area contributed by atoms with Gasteiger partial charge in [-0.25, -0.2) is 4.79 Å². The Hall–Kier alpha value is -2.79. The van der Waals surface area contributed by atoms with Crippen molar-refractivity contribution in [1.82, 2.24) is 0 Å². The maximum absolute atomic E-state index is 12.3. The van der Waals surface area contributed by atoms with Gasteiger partial charge in [0.25, 0.3) is 0 Å². The first-order valence-electron chi connectivity index (χ1n) is 10.3. The molecule has 0 fully saturated rings. The highest BCUT2D eigenvalue weighted by atomic mass is 16.5. The first kappa shape index (κ1) is 18.3. The van der Waals surface area contributed by atoms with Gasteiger partial charge in [-0.2, -0.15) is 0 Å². The Morgan fingerprint density at radius 2 is 2.00 bits per heavy atom. The molecule has 0 saturated heterocycles. The first-order valence-corrected chi connectivity index (χ1v) is 10.3. The lowest BCUT2D eigenvalue weighted by atomic mass is 9.99. The second-order valence-corrected chi connectivity index (χ2v) is 8.09. The van der Waals surface area contributed by atoms with Crippen LogP contribution < -0.4 is 20.0 Å². The fraction of sp³-hybridized carbons (Fsp3) is 0.375. The van der Waals surface area contributed by atoms with Crippen molar-refractivity contribution < 1.29 is 18.8 Å². The highest BCUT2D eigenvalue weighted by molar-refractivity contribution is 5.87. The fourth-order valence-corrected chi connectivity index (χ4v) is 4.84. The number of hydrogen-bond donors (Lipinski definition) is 1. The topological polar surface area (TPSA) is 53.1 Å². The van der Waals surface area contributed by atoms with E-state index in [0.717, 1.165) is 66.8 Å². The zero-order chi connectivity index (χ0) is 20.0. The molecule has 0 bridgehead atoms. The Morgan fingerprint density at radius 1 is 1.17 bits per heavy atom. The summed E-state index contributed by atoms with van der Waals surface area (Å²) in [5.41, 5.74) is 5.96. The normalized spacial score (nSPS) is 17.7. The lowest BCUT2D eigenvalue weighted by Gasteiger charge is -2.28. The van der Waals surface area contributed by atoms with Gasteiger partial charge in [-0.1, -0.05) is 18.2 Å². The number of rotatable bonds is 4. The summed E-state index contributed by atoms with van der Waals surface area (Å²) in [6, 6.07) is 10.4. The second-order valence-electron chi connectivity index (χ2n) is 8.09. The van der Waals surface area contributed by atoms with E-state index in [1.165, 1.54) is 21.6 Å². The standard InChI is InChI=1S/C24H25NO4/c1-15-22-17(12-20-18-7-5-8-19(18)24(26)29-23(15)20)13-25(14-28-22)11-10-16-6-3-4-9-21(16)27-2/h3-4,6,9,12H,5,7-8,10-11,13-14H2,1-2H3/p+1. The molecule has 0 spiro atoms. The average Bonchev–Trinajstić information content (AvgIpc) is 3.24. The van der Waals surface area contributed by atoms with Crippen molar-refractivity contribution in [1.29, 1.82) is 0 Å². The SMILES string of the molecule is COc1ccccc1CC[NH+]1COc2c(cc3c4c(c(=O)oc3c2C)CCC4)C1. The summed E-state index contributed by atoms with van der Waals surface area (Å²) in [6.07, 6.45) is 3.76. The number of methoxy groups -OCH3 is 1. The molecule has 1 unspecified atom stereocenters. The highest BCUT2D eigenvalue weighted by Crippen LogP contribution is 2.36. The molecule has 1 aromatic heterocycles. The van der Waals surface area contributed by atoms with Crippen molar-refractivity contribution in [3.05, 3.63) is 68.6 Å². The number of aryl methyl sites for hydroxylation is 2. The Labute approximate surface area is 169 Å². The quantitative estimate of drug-likeness (QED) is 0.694. The molecule has 2 aliphatic rings. The zero-order valence-electron chi connectivity index (χ0n) is 17.0. The predicted molar refractivity (Wildman–Crippen MR) is 111 cm³/mol. The Morgan fingerprint density at radius 3 is 2.86 bits per heavy atom. The zero-order valence-corrected chi connectivity index (χ0v) is 17.0. The van der Waals surface area contributed by atoms with Gasteiger partial charge in [-0.05, 0) is 49.4 Å². The van der Waals surface area contributed by atoms with Crippen LogP contribution in [0.15, 0.2) is 39.5 Å². The van der Waals surface area contributed by atoms with Crippen LogP contribution in [0.5, 0.6) is 11.5 Å². The van der Waals surface area contributed by atoms with E-state index in [4.69, 9.17) is 13.9 Å². The molecule has 5 rings (SSSR count). The van der Waals surface area contributed by atoms with Gasteiger partial charge < -0.3 is 13.9 Å². The van der Waals surface area contributed by atoms with Crippen LogP contribution in [0.2, 0.25) is 0 Å². The van der Waals surface area contributed by atoms with Crippen LogP contribution in [-0.4, -0.2) is 20.4 Å². The molecule has 0 amide bonds. The largest absolute Gasteiger partial charge is 0.496 e. The molecular formula is C24H26NO4+. The third-order valence-corrected chi connectivity index (χ3v) is 6.32. The van der Waals surface area contributed by atoms with Crippen molar-refractivity contribution in [2.45, 2.75) is 39.2 Å². The summed E-state index contributed by atoms with van der Waals surface area (Å²) in [7, 11) is 1.72. The molecule has 29 heavy (non-hydrogen) atoms. The predicted octanol–water partition coefficient (Wildman–Crippen LogP) is 2.58. The number of para-hydroxylation sites is 1. The number of quaternary nitrogens is 1. The van der Waals surface area contributed by atoms with Crippen molar-refractivity contribution in [3.8, 4) is 11.5 Å². The molecule has 1 N–H and O–H groups in total. The van der Waals surface area contributed by atoms with Gasteiger partial charge in [-0.3, -0.25) is 4.90 Å². The Balaban J connectivity index is 1.44. The van der Waals surface area contributed by atoms with E-state index in [-0.39, 0.29) is 5.63 Å². The van der Waals surface area contributed by atoms with E-state index >= 15 is 0 Å². The minimum absolute atomic E-state index is 0.173. The molecule has 1 aliphatic heterocycles. The van der Waals surface area contributed by atoms with E-state index in [1.54, 1.807) is 7.11 Å². The third kappa shape index (κ3) is 3.10. The molecule has 1 aliphatic carbocycles. The summed E-state index contributed by atoms with van der Waals surface area (Å²) >= 11 is 0. The van der Waals surface area contributed by atoms with Gasteiger partial charge in [0.2, 0.25) is 6.73 Å². The van der Waals surface area contributed by atoms with Crippen LogP contribution in [0.4, 0.5) is 0 Å². The van der Waals surface area contributed by atoms with E-state index in [0.29, 0.717) is 12.3 Å². The highest BCUT2D eigenvalue weighted by Gasteiger charge is 2.27. The van der Waals surface area contributed by atoms with E-state index in [1.807, 2.05) is 19.1 Å². The summed E-state index contributed by atoms with van der Waals surface area (Å²) in [5, 5.41) is 1.10. The number of hydrogen-bond acceptors (Lipinski definition) is 4.